The fraction of sp³-hybridized carbons (Fsp3) is 0.333. The number of hydrogen-bond donors (Lipinski definition) is 0. The smallest absolute Gasteiger partial charge is 0.106 e. The summed E-state index contributed by atoms with van der Waals surface area (Å²) in [6, 6.07) is 0. The Morgan fingerprint density at radius 2 is 2.57 bits per heavy atom. The molecule has 7 heavy (non-hydrogen) atoms. The summed E-state index contributed by atoms with van der Waals surface area (Å²) in [6.45, 7) is 2.79. The first-order valence-corrected chi connectivity index (χ1v) is 2.34. The molecule has 1 aliphatic heterocycles. The Bertz CT molecular complexity index is 111. The molecule has 38 valence electrons. The molecular formula is C6H8O. The summed E-state index contributed by atoms with van der Waals surface area (Å²) in [5.74, 6) is 0. The van der Waals surface area contributed by atoms with Gasteiger partial charge < -0.3 is 4.74 Å². The van der Waals surface area contributed by atoms with Gasteiger partial charge in [-0.2, -0.15) is 0 Å². The second kappa shape index (κ2) is 1.82. The first kappa shape index (κ1) is 4.44. The molecule has 0 unspecified atom stereocenters. The molecule has 0 saturated carbocycles. The average Bonchev–Trinajstić information content (AvgIpc) is 1.69. The Hall–Kier alpha value is -0.720. The normalized spacial score (nSPS) is 18.1. The number of ether oxygens (including phenoxy) is 1. The van der Waals surface area contributed by atoms with Gasteiger partial charge in [-0.15, -0.1) is 0 Å². The van der Waals surface area contributed by atoms with Crippen LogP contribution >= 0.6 is 0 Å². The van der Waals surface area contributed by atoms with E-state index >= 15 is 0 Å². The van der Waals surface area contributed by atoms with Crippen molar-refractivity contribution in [1.82, 2.24) is 0 Å². The minimum atomic E-state index is 0.738. The molecule has 0 aromatic rings. The van der Waals surface area contributed by atoms with Crippen LogP contribution in [-0.2, 0) is 4.74 Å². The molecule has 0 bridgehead atoms. The summed E-state index contributed by atoms with van der Waals surface area (Å²) in [7, 11) is 0. The first-order chi connectivity index (χ1) is 3.39. The second-order valence-electron chi connectivity index (χ2n) is 1.58. The fourth-order valence-electron chi connectivity index (χ4n) is 0.459. The molecule has 0 amide bonds. The van der Waals surface area contributed by atoms with Gasteiger partial charge in [0.25, 0.3) is 0 Å². The van der Waals surface area contributed by atoms with Crippen LogP contribution in [0.4, 0.5) is 0 Å². The summed E-state index contributed by atoms with van der Waals surface area (Å²) >= 11 is 0. The topological polar surface area (TPSA) is 9.23 Å². The van der Waals surface area contributed by atoms with Gasteiger partial charge in [-0.1, -0.05) is 0 Å². The van der Waals surface area contributed by atoms with E-state index in [1.165, 1.54) is 5.57 Å². The van der Waals surface area contributed by atoms with Crippen molar-refractivity contribution in [2.75, 3.05) is 6.61 Å². The minimum Gasteiger partial charge on any atom is -0.497 e. The third kappa shape index (κ3) is 1.07. The number of hydrogen-bond acceptors (Lipinski definition) is 1. The third-order valence-electron chi connectivity index (χ3n) is 0.929. The molecule has 0 aromatic carbocycles. The van der Waals surface area contributed by atoms with Crippen LogP contribution in [0.2, 0.25) is 0 Å². The molecular weight excluding hydrogens is 88.1 g/mol. The van der Waals surface area contributed by atoms with E-state index in [4.69, 9.17) is 4.74 Å². The van der Waals surface area contributed by atoms with Gasteiger partial charge in [-0.05, 0) is 24.6 Å². The molecule has 0 N–H and O–H groups in total. The molecule has 1 aliphatic rings. The van der Waals surface area contributed by atoms with Crippen molar-refractivity contribution in [1.29, 1.82) is 0 Å². The zero-order valence-electron chi connectivity index (χ0n) is 4.35. The Balaban J connectivity index is 2.58. The molecule has 0 aliphatic carbocycles. The number of rotatable bonds is 0. The SMILES string of the molecule is CC1=CCOC=C1. The quantitative estimate of drug-likeness (QED) is 0.443. The van der Waals surface area contributed by atoms with Gasteiger partial charge in [0.1, 0.15) is 6.61 Å². The van der Waals surface area contributed by atoms with Gasteiger partial charge >= 0.3 is 0 Å². The lowest BCUT2D eigenvalue weighted by Gasteiger charge is -2.00. The average molecular weight is 96.1 g/mol. The second-order valence-corrected chi connectivity index (χ2v) is 1.58. The Morgan fingerprint density at radius 3 is 2.86 bits per heavy atom. The van der Waals surface area contributed by atoms with Crippen LogP contribution < -0.4 is 0 Å². The van der Waals surface area contributed by atoms with Gasteiger partial charge in [0.05, 0.1) is 6.26 Å². The molecule has 1 nitrogen and oxygen atoms in total. The van der Waals surface area contributed by atoms with Gasteiger partial charge in [-0.25, -0.2) is 0 Å². The van der Waals surface area contributed by atoms with Crippen molar-refractivity contribution >= 4 is 0 Å². The van der Waals surface area contributed by atoms with Crippen LogP contribution in [-0.4, -0.2) is 6.61 Å². The molecule has 0 spiro atoms. The van der Waals surface area contributed by atoms with Crippen LogP contribution in [0, 0.1) is 0 Å². The summed E-state index contributed by atoms with van der Waals surface area (Å²) in [6.07, 6.45) is 5.71. The summed E-state index contributed by atoms with van der Waals surface area (Å²) in [4.78, 5) is 0. The molecule has 0 fully saturated rings. The van der Waals surface area contributed by atoms with Crippen LogP contribution in [0.15, 0.2) is 24.0 Å². The van der Waals surface area contributed by atoms with E-state index in [-0.39, 0.29) is 0 Å². The predicted octanol–water partition coefficient (Wildman–Crippen LogP) is 1.48. The molecule has 1 rings (SSSR count). The van der Waals surface area contributed by atoms with E-state index in [9.17, 15) is 0 Å². The Morgan fingerprint density at radius 1 is 1.71 bits per heavy atom. The van der Waals surface area contributed by atoms with Crippen LogP contribution in [0.5, 0.6) is 0 Å². The highest BCUT2D eigenvalue weighted by atomic mass is 16.5. The lowest BCUT2D eigenvalue weighted by atomic mass is 10.3. The summed E-state index contributed by atoms with van der Waals surface area (Å²) in [5, 5.41) is 0. The van der Waals surface area contributed by atoms with E-state index in [0.29, 0.717) is 0 Å². The fourth-order valence-corrected chi connectivity index (χ4v) is 0.459. The third-order valence-corrected chi connectivity index (χ3v) is 0.929. The summed E-state index contributed by atoms with van der Waals surface area (Å²) in [5.41, 5.74) is 1.28. The van der Waals surface area contributed by atoms with Crippen LogP contribution in [0.1, 0.15) is 6.92 Å². The van der Waals surface area contributed by atoms with Gasteiger partial charge in [-0.3, -0.25) is 0 Å². The van der Waals surface area contributed by atoms with Crippen molar-refractivity contribution < 1.29 is 4.74 Å². The molecule has 0 atom stereocenters. The summed E-state index contributed by atoms with van der Waals surface area (Å²) < 4.78 is 4.88. The maximum Gasteiger partial charge on any atom is 0.106 e. The molecule has 0 radical (unpaired) electrons. The highest BCUT2D eigenvalue weighted by Crippen LogP contribution is 1.99. The van der Waals surface area contributed by atoms with E-state index in [1.807, 2.05) is 12.2 Å². The zero-order valence-corrected chi connectivity index (χ0v) is 4.35. The first-order valence-electron chi connectivity index (χ1n) is 2.34. The maximum atomic E-state index is 4.88. The minimum absolute atomic E-state index is 0.738. The highest BCUT2D eigenvalue weighted by molar-refractivity contribution is 5.16. The van der Waals surface area contributed by atoms with Gasteiger partial charge in [0.15, 0.2) is 0 Å². The molecule has 1 heterocycles. The van der Waals surface area contributed by atoms with Crippen molar-refractivity contribution in [3.05, 3.63) is 24.0 Å². The van der Waals surface area contributed by atoms with Gasteiger partial charge in [0, 0.05) is 0 Å². The standard InChI is InChI=1S/C6H8O/c1-6-2-4-7-5-3-6/h2-4H,5H2,1H3. The van der Waals surface area contributed by atoms with Crippen LogP contribution in [0.3, 0.4) is 0 Å². The Kier molecular flexibility index (Phi) is 1.16. The van der Waals surface area contributed by atoms with Crippen molar-refractivity contribution in [3.63, 3.8) is 0 Å². The predicted molar refractivity (Wildman–Crippen MR) is 28.8 cm³/mol. The number of allylic oxidation sites excluding steroid dienone is 2. The largest absolute Gasteiger partial charge is 0.497 e. The molecule has 0 aromatic heterocycles. The van der Waals surface area contributed by atoms with Crippen molar-refractivity contribution in [2.45, 2.75) is 6.92 Å². The van der Waals surface area contributed by atoms with Crippen LogP contribution in [0.25, 0.3) is 0 Å². The zero-order chi connectivity index (χ0) is 5.11. The van der Waals surface area contributed by atoms with Gasteiger partial charge in [0.2, 0.25) is 0 Å². The highest BCUT2D eigenvalue weighted by Gasteiger charge is 1.85. The Labute approximate surface area is 43.3 Å². The van der Waals surface area contributed by atoms with Crippen molar-refractivity contribution in [2.24, 2.45) is 0 Å². The molecule has 1 heteroatoms. The lowest BCUT2D eigenvalue weighted by molar-refractivity contribution is 0.284. The monoisotopic (exact) mass is 96.1 g/mol. The van der Waals surface area contributed by atoms with E-state index in [1.54, 1.807) is 6.26 Å². The van der Waals surface area contributed by atoms with E-state index < -0.39 is 0 Å². The van der Waals surface area contributed by atoms with E-state index in [0.717, 1.165) is 6.61 Å². The van der Waals surface area contributed by atoms with Crippen molar-refractivity contribution in [3.8, 4) is 0 Å². The maximum absolute atomic E-state index is 4.88. The molecule has 0 saturated heterocycles. The lowest BCUT2D eigenvalue weighted by Crippen LogP contribution is -1.87. The van der Waals surface area contributed by atoms with E-state index in [2.05, 4.69) is 6.92 Å².